The number of carbonyl (C=O) groups is 1. The van der Waals surface area contributed by atoms with Crippen LogP contribution in [0.1, 0.15) is 20.8 Å². The van der Waals surface area contributed by atoms with Gasteiger partial charge < -0.3 is 14.5 Å². The van der Waals surface area contributed by atoms with E-state index < -0.39 is 0 Å². The molecule has 0 spiro atoms. The number of nitrogens with zero attached hydrogens (tertiary/aromatic N) is 7. The average molecular weight is 436 g/mol. The summed E-state index contributed by atoms with van der Waals surface area (Å²) in [5.41, 5.74) is 1.78. The second-order valence-electron chi connectivity index (χ2n) is 6.93. The number of rotatable bonds is 6. The fraction of sp³-hybridized carbons (Fsp3) is 0.238. The first-order chi connectivity index (χ1) is 15.0. The molecule has 31 heavy (non-hydrogen) atoms. The highest BCUT2D eigenvalue weighted by atomic mass is 32.1. The number of hydrogen-bond donors (Lipinski definition) is 0. The van der Waals surface area contributed by atoms with Gasteiger partial charge in [-0.2, -0.15) is 0 Å². The molecule has 0 aliphatic carbocycles. The summed E-state index contributed by atoms with van der Waals surface area (Å²) in [6.45, 7) is 2.36. The van der Waals surface area contributed by atoms with Crippen LogP contribution in [0.3, 0.4) is 0 Å². The molecule has 0 saturated heterocycles. The third-order valence-corrected chi connectivity index (χ3v) is 6.09. The highest BCUT2D eigenvalue weighted by Crippen LogP contribution is 2.36. The number of methoxy groups -OCH3 is 1. The van der Waals surface area contributed by atoms with Crippen LogP contribution in [0.4, 0.5) is 11.6 Å². The van der Waals surface area contributed by atoms with Crippen molar-refractivity contribution in [2.75, 3.05) is 26.1 Å². The molecule has 9 nitrogen and oxygen atoms in total. The number of carbonyl (C=O) groups excluding carboxylic acids is 1. The first kappa shape index (κ1) is 20.6. The van der Waals surface area contributed by atoms with Crippen LogP contribution in [0.2, 0.25) is 0 Å². The maximum Gasteiger partial charge on any atom is 0.264 e. The molecule has 0 aromatic carbocycles. The highest BCUT2D eigenvalue weighted by Gasteiger charge is 2.23. The molecule has 0 saturated carbocycles. The first-order valence-corrected chi connectivity index (χ1v) is 10.3. The molecule has 158 valence electrons. The second kappa shape index (κ2) is 8.60. The standard InChI is InChI=1S/C21H21N7O2S/c1-13-17-19(28(3)15-6-7-22-11-24-15)25-12-26-20(17)31-18(13)21(29)27(2)10-14-5-8-23-16(9-14)30-4/h5-9,11-12H,10H2,1-4H3. The minimum atomic E-state index is -0.0769. The van der Waals surface area contributed by atoms with Gasteiger partial charge in [-0.15, -0.1) is 11.3 Å². The number of hydrogen-bond acceptors (Lipinski definition) is 9. The lowest BCUT2D eigenvalue weighted by molar-refractivity contribution is 0.0789. The Hall–Kier alpha value is -3.66. The van der Waals surface area contributed by atoms with Gasteiger partial charge in [0, 0.05) is 39.1 Å². The van der Waals surface area contributed by atoms with Gasteiger partial charge in [-0.1, -0.05) is 0 Å². The summed E-state index contributed by atoms with van der Waals surface area (Å²) in [4.78, 5) is 39.4. The zero-order valence-corrected chi connectivity index (χ0v) is 18.4. The predicted octanol–water partition coefficient (Wildman–Crippen LogP) is 3.23. The van der Waals surface area contributed by atoms with E-state index in [1.807, 2.05) is 31.0 Å². The second-order valence-corrected chi connectivity index (χ2v) is 7.93. The summed E-state index contributed by atoms with van der Waals surface area (Å²) in [6, 6.07) is 5.49. The van der Waals surface area contributed by atoms with E-state index in [0.29, 0.717) is 28.9 Å². The van der Waals surface area contributed by atoms with Crippen LogP contribution in [-0.4, -0.2) is 56.9 Å². The lowest BCUT2D eigenvalue weighted by Gasteiger charge is -2.18. The lowest BCUT2D eigenvalue weighted by Crippen LogP contribution is -2.26. The van der Waals surface area contributed by atoms with Crippen molar-refractivity contribution >= 4 is 39.1 Å². The van der Waals surface area contributed by atoms with Crippen molar-refractivity contribution in [1.82, 2.24) is 29.8 Å². The van der Waals surface area contributed by atoms with E-state index in [-0.39, 0.29) is 5.91 Å². The Balaban J connectivity index is 1.67. The SMILES string of the molecule is COc1cc(CN(C)C(=O)c2sc3ncnc(N(C)c4ccncn4)c3c2C)ccn1. The number of aromatic nitrogens is 5. The largest absolute Gasteiger partial charge is 0.481 e. The van der Waals surface area contributed by atoms with Crippen molar-refractivity contribution in [1.29, 1.82) is 0 Å². The summed E-state index contributed by atoms with van der Waals surface area (Å²) in [6.07, 6.45) is 6.34. The van der Waals surface area contributed by atoms with Gasteiger partial charge in [-0.05, 0) is 30.2 Å². The molecule has 0 atom stereocenters. The molecule has 0 aliphatic heterocycles. The zero-order valence-electron chi connectivity index (χ0n) is 17.6. The number of aryl methyl sites for hydroxylation is 1. The Bertz CT molecular complexity index is 1230. The van der Waals surface area contributed by atoms with Crippen LogP contribution in [0.15, 0.2) is 43.2 Å². The predicted molar refractivity (Wildman–Crippen MR) is 119 cm³/mol. The van der Waals surface area contributed by atoms with E-state index in [9.17, 15) is 4.79 Å². The molecule has 10 heteroatoms. The Morgan fingerprint density at radius 1 is 1.10 bits per heavy atom. The van der Waals surface area contributed by atoms with Crippen molar-refractivity contribution in [3.8, 4) is 5.88 Å². The highest BCUT2D eigenvalue weighted by molar-refractivity contribution is 7.20. The third kappa shape index (κ3) is 4.02. The van der Waals surface area contributed by atoms with Crippen molar-refractivity contribution in [2.45, 2.75) is 13.5 Å². The van der Waals surface area contributed by atoms with Gasteiger partial charge >= 0.3 is 0 Å². The molecule has 4 heterocycles. The molecule has 0 N–H and O–H groups in total. The Labute approximate surface area is 183 Å². The van der Waals surface area contributed by atoms with Gasteiger partial charge in [-0.25, -0.2) is 24.9 Å². The average Bonchev–Trinajstić information content (AvgIpc) is 3.15. The number of fused-ring (bicyclic) bond motifs is 1. The minimum Gasteiger partial charge on any atom is -0.481 e. The number of anilines is 2. The summed E-state index contributed by atoms with van der Waals surface area (Å²) in [7, 11) is 5.23. The fourth-order valence-electron chi connectivity index (χ4n) is 3.28. The molecule has 4 aromatic rings. The molecule has 0 fully saturated rings. The van der Waals surface area contributed by atoms with Crippen LogP contribution in [0.5, 0.6) is 5.88 Å². The molecule has 1 amide bonds. The number of ether oxygens (including phenoxy) is 1. The molecule has 4 aromatic heterocycles. The van der Waals surface area contributed by atoms with Crippen LogP contribution in [0, 0.1) is 6.92 Å². The van der Waals surface area contributed by atoms with Gasteiger partial charge in [0.05, 0.1) is 17.4 Å². The topological polar surface area (TPSA) is 97.2 Å². The monoisotopic (exact) mass is 435 g/mol. The minimum absolute atomic E-state index is 0.0769. The van der Waals surface area contributed by atoms with Crippen LogP contribution in [0.25, 0.3) is 10.2 Å². The molecule has 0 unspecified atom stereocenters. The normalized spacial score (nSPS) is 10.8. The van der Waals surface area contributed by atoms with Crippen molar-refractivity contribution in [3.63, 3.8) is 0 Å². The van der Waals surface area contributed by atoms with Gasteiger partial charge in [0.2, 0.25) is 5.88 Å². The van der Waals surface area contributed by atoms with Crippen LogP contribution >= 0.6 is 11.3 Å². The summed E-state index contributed by atoms with van der Waals surface area (Å²) in [5, 5.41) is 0.843. The van der Waals surface area contributed by atoms with Crippen molar-refractivity contribution in [2.24, 2.45) is 0 Å². The number of thiophene rings is 1. The fourth-order valence-corrected chi connectivity index (χ4v) is 4.42. The smallest absolute Gasteiger partial charge is 0.264 e. The van der Waals surface area contributed by atoms with Gasteiger partial charge in [-0.3, -0.25) is 4.79 Å². The third-order valence-electron chi connectivity index (χ3n) is 4.90. The van der Waals surface area contributed by atoms with Crippen LogP contribution < -0.4 is 9.64 Å². The summed E-state index contributed by atoms with van der Waals surface area (Å²) < 4.78 is 5.17. The molecule has 0 bridgehead atoms. The van der Waals surface area contributed by atoms with E-state index in [1.54, 1.807) is 37.5 Å². The zero-order chi connectivity index (χ0) is 22.0. The van der Waals surface area contributed by atoms with Crippen LogP contribution in [-0.2, 0) is 6.54 Å². The molecule has 0 radical (unpaired) electrons. The molecular formula is C21H21N7O2S. The molecular weight excluding hydrogens is 414 g/mol. The van der Waals surface area contributed by atoms with Gasteiger partial charge in [0.1, 0.15) is 29.1 Å². The maximum absolute atomic E-state index is 13.3. The van der Waals surface area contributed by atoms with Crippen molar-refractivity contribution in [3.05, 3.63) is 59.3 Å². The molecule has 0 aliphatic rings. The van der Waals surface area contributed by atoms with E-state index in [2.05, 4.69) is 24.9 Å². The van der Waals surface area contributed by atoms with Crippen molar-refractivity contribution < 1.29 is 9.53 Å². The maximum atomic E-state index is 13.3. The lowest BCUT2D eigenvalue weighted by atomic mass is 10.1. The number of amides is 1. The van der Waals surface area contributed by atoms with E-state index in [4.69, 9.17) is 4.74 Å². The summed E-state index contributed by atoms with van der Waals surface area (Å²) in [5.74, 6) is 1.84. The van der Waals surface area contributed by atoms with Gasteiger partial charge in [0.15, 0.2) is 0 Å². The number of pyridine rings is 1. The molecule has 4 rings (SSSR count). The first-order valence-electron chi connectivity index (χ1n) is 9.47. The quantitative estimate of drug-likeness (QED) is 0.455. The summed E-state index contributed by atoms with van der Waals surface area (Å²) >= 11 is 1.37. The van der Waals surface area contributed by atoms with E-state index in [0.717, 1.165) is 21.3 Å². The van der Waals surface area contributed by atoms with E-state index in [1.165, 1.54) is 24.0 Å². The Morgan fingerprint density at radius 2 is 1.94 bits per heavy atom. The Morgan fingerprint density at radius 3 is 2.68 bits per heavy atom. The van der Waals surface area contributed by atoms with E-state index >= 15 is 0 Å². The Kier molecular flexibility index (Phi) is 5.72. The van der Waals surface area contributed by atoms with Gasteiger partial charge in [0.25, 0.3) is 5.91 Å².